The van der Waals surface area contributed by atoms with Gasteiger partial charge in [-0.15, -0.1) is 6.42 Å². The number of hydrogen-bond donors (Lipinski definition) is 2. The number of hydrogen-bond acceptors (Lipinski definition) is 2. The zero-order chi connectivity index (χ0) is 9.52. The van der Waals surface area contributed by atoms with Crippen LogP contribution in [-0.4, -0.2) is 25.2 Å². The van der Waals surface area contributed by atoms with Gasteiger partial charge in [-0.05, 0) is 25.8 Å². The summed E-state index contributed by atoms with van der Waals surface area (Å²) in [5, 5.41) is 6.88. The lowest BCUT2D eigenvalue weighted by Crippen LogP contribution is -2.44. The SMILES string of the molecule is C#CC(CC)NCC1CCCCN1. The first-order valence-corrected chi connectivity index (χ1v) is 5.29. The van der Waals surface area contributed by atoms with Crippen LogP contribution in [0.3, 0.4) is 0 Å². The van der Waals surface area contributed by atoms with Crippen LogP contribution in [-0.2, 0) is 0 Å². The van der Waals surface area contributed by atoms with E-state index in [2.05, 4.69) is 23.5 Å². The van der Waals surface area contributed by atoms with Crippen molar-refractivity contribution in [2.75, 3.05) is 13.1 Å². The van der Waals surface area contributed by atoms with E-state index in [-0.39, 0.29) is 6.04 Å². The molecule has 1 saturated heterocycles. The fourth-order valence-corrected chi connectivity index (χ4v) is 1.70. The van der Waals surface area contributed by atoms with Gasteiger partial charge in [0.2, 0.25) is 0 Å². The van der Waals surface area contributed by atoms with Crippen molar-refractivity contribution >= 4 is 0 Å². The molecule has 0 radical (unpaired) electrons. The Hall–Kier alpha value is -0.520. The molecule has 0 aromatic rings. The van der Waals surface area contributed by atoms with Crippen LogP contribution in [0.2, 0.25) is 0 Å². The van der Waals surface area contributed by atoms with Crippen LogP contribution < -0.4 is 10.6 Å². The maximum atomic E-state index is 5.37. The van der Waals surface area contributed by atoms with Crippen molar-refractivity contribution in [2.24, 2.45) is 0 Å². The maximum absolute atomic E-state index is 5.37. The Morgan fingerprint density at radius 2 is 2.46 bits per heavy atom. The van der Waals surface area contributed by atoms with Crippen LogP contribution in [0.15, 0.2) is 0 Å². The molecular formula is C11H20N2. The third-order valence-electron chi connectivity index (χ3n) is 2.63. The first-order valence-electron chi connectivity index (χ1n) is 5.29. The lowest BCUT2D eigenvalue weighted by Gasteiger charge is -2.24. The molecule has 2 nitrogen and oxygen atoms in total. The molecule has 2 heteroatoms. The average Bonchev–Trinajstić information content (AvgIpc) is 2.21. The highest BCUT2D eigenvalue weighted by molar-refractivity contribution is 4.98. The van der Waals surface area contributed by atoms with Gasteiger partial charge in [-0.2, -0.15) is 0 Å². The van der Waals surface area contributed by atoms with Gasteiger partial charge < -0.3 is 10.6 Å². The second-order valence-electron chi connectivity index (χ2n) is 3.68. The molecule has 0 aliphatic carbocycles. The molecule has 0 amide bonds. The minimum atomic E-state index is 0.253. The second kappa shape index (κ2) is 6.01. The van der Waals surface area contributed by atoms with Gasteiger partial charge in [0, 0.05) is 12.6 Å². The Morgan fingerprint density at radius 1 is 1.62 bits per heavy atom. The highest BCUT2D eigenvalue weighted by Gasteiger charge is 2.12. The van der Waals surface area contributed by atoms with Crippen molar-refractivity contribution in [1.82, 2.24) is 10.6 Å². The molecule has 1 heterocycles. The van der Waals surface area contributed by atoms with Crippen LogP contribution in [0.4, 0.5) is 0 Å². The molecular weight excluding hydrogens is 160 g/mol. The van der Waals surface area contributed by atoms with E-state index in [1.54, 1.807) is 0 Å². The van der Waals surface area contributed by atoms with Crippen molar-refractivity contribution in [3.05, 3.63) is 0 Å². The van der Waals surface area contributed by atoms with E-state index in [1.165, 1.54) is 25.8 Å². The molecule has 2 atom stereocenters. The monoisotopic (exact) mass is 180 g/mol. The Balaban J connectivity index is 2.13. The molecule has 13 heavy (non-hydrogen) atoms. The van der Waals surface area contributed by atoms with Gasteiger partial charge in [0.25, 0.3) is 0 Å². The largest absolute Gasteiger partial charge is 0.313 e. The number of rotatable bonds is 4. The summed E-state index contributed by atoms with van der Waals surface area (Å²) in [6.45, 7) is 4.30. The minimum absolute atomic E-state index is 0.253. The minimum Gasteiger partial charge on any atom is -0.313 e. The number of nitrogens with one attached hydrogen (secondary N) is 2. The van der Waals surface area contributed by atoms with Crippen molar-refractivity contribution in [3.63, 3.8) is 0 Å². The fourth-order valence-electron chi connectivity index (χ4n) is 1.70. The quantitative estimate of drug-likeness (QED) is 0.634. The second-order valence-corrected chi connectivity index (χ2v) is 3.68. The number of piperidine rings is 1. The molecule has 0 aromatic carbocycles. The van der Waals surface area contributed by atoms with E-state index in [0.717, 1.165) is 13.0 Å². The summed E-state index contributed by atoms with van der Waals surface area (Å²) in [6.07, 6.45) is 10.3. The van der Waals surface area contributed by atoms with Gasteiger partial charge in [-0.1, -0.05) is 19.3 Å². The zero-order valence-electron chi connectivity index (χ0n) is 8.47. The molecule has 2 unspecified atom stereocenters. The van der Waals surface area contributed by atoms with E-state index in [4.69, 9.17) is 6.42 Å². The van der Waals surface area contributed by atoms with E-state index < -0.39 is 0 Å². The third kappa shape index (κ3) is 3.80. The number of terminal acetylenes is 1. The molecule has 0 aromatic heterocycles. The fraction of sp³-hybridized carbons (Fsp3) is 0.818. The van der Waals surface area contributed by atoms with Crippen LogP contribution in [0.5, 0.6) is 0 Å². The zero-order valence-corrected chi connectivity index (χ0v) is 8.47. The topological polar surface area (TPSA) is 24.1 Å². The Bertz CT molecular complexity index is 165. The smallest absolute Gasteiger partial charge is 0.0684 e. The highest BCUT2D eigenvalue weighted by Crippen LogP contribution is 2.06. The van der Waals surface area contributed by atoms with Gasteiger partial charge in [-0.3, -0.25) is 0 Å². The maximum Gasteiger partial charge on any atom is 0.0684 e. The Morgan fingerprint density at radius 3 is 3.00 bits per heavy atom. The Labute approximate surface area is 81.5 Å². The van der Waals surface area contributed by atoms with Crippen LogP contribution in [0, 0.1) is 12.3 Å². The lowest BCUT2D eigenvalue weighted by atomic mass is 10.0. The van der Waals surface area contributed by atoms with Gasteiger partial charge >= 0.3 is 0 Å². The first kappa shape index (κ1) is 10.6. The average molecular weight is 180 g/mol. The van der Waals surface area contributed by atoms with E-state index in [1.807, 2.05) is 0 Å². The summed E-state index contributed by atoms with van der Waals surface area (Å²) in [5.74, 6) is 2.75. The normalized spacial score (nSPS) is 25.1. The van der Waals surface area contributed by atoms with Gasteiger partial charge in [0.1, 0.15) is 0 Å². The summed E-state index contributed by atoms with van der Waals surface area (Å²) in [6, 6.07) is 0.889. The molecule has 2 N–H and O–H groups in total. The van der Waals surface area contributed by atoms with Crippen LogP contribution >= 0.6 is 0 Å². The van der Waals surface area contributed by atoms with Gasteiger partial charge in [0.15, 0.2) is 0 Å². The van der Waals surface area contributed by atoms with Crippen molar-refractivity contribution in [3.8, 4) is 12.3 Å². The van der Waals surface area contributed by atoms with Gasteiger partial charge in [-0.25, -0.2) is 0 Å². The van der Waals surface area contributed by atoms with Crippen molar-refractivity contribution in [1.29, 1.82) is 0 Å². The third-order valence-corrected chi connectivity index (χ3v) is 2.63. The molecule has 0 bridgehead atoms. The van der Waals surface area contributed by atoms with E-state index in [9.17, 15) is 0 Å². The molecule has 1 aliphatic heterocycles. The van der Waals surface area contributed by atoms with Crippen LogP contribution in [0.25, 0.3) is 0 Å². The van der Waals surface area contributed by atoms with E-state index >= 15 is 0 Å². The predicted octanol–water partition coefficient (Wildman–Crippen LogP) is 1.13. The van der Waals surface area contributed by atoms with Crippen molar-refractivity contribution < 1.29 is 0 Å². The molecule has 0 spiro atoms. The summed E-state index contributed by atoms with van der Waals surface area (Å²) in [5.41, 5.74) is 0. The van der Waals surface area contributed by atoms with Gasteiger partial charge in [0.05, 0.1) is 6.04 Å². The molecule has 0 saturated carbocycles. The Kier molecular flexibility index (Phi) is 4.88. The molecule has 1 rings (SSSR count). The standard InChI is InChI=1S/C11H20N2/c1-3-10(4-2)13-9-11-7-5-6-8-12-11/h1,10-13H,4-9H2,2H3. The predicted molar refractivity (Wildman–Crippen MR) is 56.6 cm³/mol. The lowest BCUT2D eigenvalue weighted by molar-refractivity contribution is 0.375. The molecule has 1 fully saturated rings. The van der Waals surface area contributed by atoms with Crippen molar-refractivity contribution in [2.45, 2.75) is 44.7 Å². The molecule has 74 valence electrons. The summed E-state index contributed by atoms with van der Waals surface area (Å²) in [4.78, 5) is 0. The summed E-state index contributed by atoms with van der Waals surface area (Å²) >= 11 is 0. The first-order chi connectivity index (χ1) is 6.36. The van der Waals surface area contributed by atoms with Crippen LogP contribution in [0.1, 0.15) is 32.6 Å². The highest BCUT2D eigenvalue weighted by atomic mass is 15.0. The summed E-state index contributed by atoms with van der Waals surface area (Å²) in [7, 11) is 0. The van der Waals surface area contributed by atoms with E-state index in [0.29, 0.717) is 6.04 Å². The molecule has 1 aliphatic rings. The summed E-state index contributed by atoms with van der Waals surface area (Å²) < 4.78 is 0.